The van der Waals surface area contributed by atoms with E-state index in [4.69, 9.17) is 17.8 Å². The molecule has 0 aromatic heterocycles. The summed E-state index contributed by atoms with van der Waals surface area (Å²) in [7, 11) is 9.17. The number of benzene rings is 1. The molecule has 68 valence electrons. The Morgan fingerprint density at radius 1 is 1.46 bits per heavy atom. The van der Waals surface area contributed by atoms with Crippen LogP contribution in [0.1, 0.15) is 0 Å². The molecule has 13 heavy (non-hydrogen) atoms. The molecule has 1 unspecified atom stereocenters. The van der Waals surface area contributed by atoms with Crippen LogP contribution in [0.3, 0.4) is 0 Å². The van der Waals surface area contributed by atoms with Gasteiger partial charge in [0.05, 0.1) is 4.92 Å². The van der Waals surface area contributed by atoms with Gasteiger partial charge in [-0.3, -0.25) is 10.1 Å². The van der Waals surface area contributed by atoms with E-state index in [2.05, 4.69) is 11.7 Å². The average molecular weight is 234 g/mol. The molecule has 1 atom stereocenters. The molecule has 0 amide bonds. The third kappa shape index (κ3) is 2.82. The van der Waals surface area contributed by atoms with Crippen LogP contribution >= 0.6 is 30.5 Å². The van der Waals surface area contributed by atoms with Crippen molar-refractivity contribution in [2.24, 2.45) is 0 Å². The minimum Gasteiger partial charge on any atom is -0.258 e. The van der Waals surface area contributed by atoms with Crippen LogP contribution < -0.4 is 0 Å². The first kappa shape index (κ1) is 10.8. The normalized spacial score (nSPS) is 17.4. The number of nitrogens with zero attached hydrogens (tertiary/aromatic N) is 1. The van der Waals surface area contributed by atoms with Gasteiger partial charge >= 0.3 is 0 Å². The van der Waals surface area contributed by atoms with Crippen molar-refractivity contribution in [3.8, 4) is 0 Å². The Kier molecular flexibility index (Phi) is 3.16. The number of thiol groups is 1. The van der Waals surface area contributed by atoms with Gasteiger partial charge in [-0.25, -0.2) is 0 Å². The van der Waals surface area contributed by atoms with Crippen molar-refractivity contribution in [1.29, 1.82) is 0 Å². The molecule has 0 N–H and O–H groups in total. The fourth-order valence-corrected chi connectivity index (χ4v) is 1.95. The number of rotatable bonds is 2. The number of hydrogen-bond donors (Lipinski definition) is 1. The second-order valence-corrected chi connectivity index (χ2v) is 7.71. The van der Waals surface area contributed by atoms with E-state index in [1.807, 2.05) is 0 Å². The van der Waals surface area contributed by atoms with E-state index in [0.29, 0.717) is 4.90 Å². The Morgan fingerprint density at radius 3 is 2.23 bits per heavy atom. The van der Waals surface area contributed by atoms with Crippen LogP contribution in [-0.2, 0) is 0 Å². The third-order valence-electron chi connectivity index (χ3n) is 1.38. The van der Waals surface area contributed by atoms with Gasteiger partial charge in [0.15, 0.2) is 7.12 Å². The summed E-state index contributed by atoms with van der Waals surface area (Å²) in [4.78, 5) is 10.4. The summed E-state index contributed by atoms with van der Waals surface area (Å²) >= 11 is 3.99. The Balaban J connectivity index is 3.01. The first-order valence-corrected chi connectivity index (χ1v) is 6.76. The van der Waals surface area contributed by atoms with Crippen LogP contribution in [0.5, 0.6) is 0 Å². The number of nitro groups is 1. The standard InChI is InChI=1S/C6H5BClNO2S2/c7-13(8,12)6-3-1-5(2-4-6)9(10)11/h1-4,12H. The molecule has 0 aliphatic heterocycles. The van der Waals surface area contributed by atoms with E-state index >= 15 is 0 Å². The van der Waals surface area contributed by atoms with Crippen LogP contribution in [0.25, 0.3) is 0 Å². The van der Waals surface area contributed by atoms with Gasteiger partial charge in [0.2, 0.25) is 0 Å². The molecule has 0 fully saturated rings. The lowest BCUT2D eigenvalue weighted by Crippen LogP contribution is -1.88. The lowest BCUT2D eigenvalue weighted by Gasteiger charge is -2.20. The molecule has 0 saturated heterocycles. The lowest BCUT2D eigenvalue weighted by atomic mass is 10.3. The van der Waals surface area contributed by atoms with Crippen molar-refractivity contribution in [2.75, 3.05) is 0 Å². The van der Waals surface area contributed by atoms with Crippen LogP contribution in [0, 0.1) is 10.1 Å². The maximum atomic E-state index is 10.3. The maximum absolute atomic E-state index is 10.3. The van der Waals surface area contributed by atoms with E-state index in [-0.39, 0.29) is 5.69 Å². The minimum absolute atomic E-state index is 0.0115. The highest BCUT2D eigenvalue weighted by Gasteiger charge is 2.13. The lowest BCUT2D eigenvalue weighted by molar-refractivity contribution is -0.384. The molecule has 0 heterocycles. The summed E-state index contributed by atoms with van der Waals surface area (Å²) in [5.41, 5.74) is 0.0115. The monoisotopic (exact) mass is 233 g/mol. The highest BCUT2D eigenvalue weighted by molar-refractivity contribution is 9.05. The molecule has 1 aromatic carbocycles. The fraction of sp³-hybridized carbons (Fsp3) is 0. The van der Waals surface area contributed by atoms with Gasteiger partial charge < -0.3 is 0 Å². The second-order valence-electron chi connectivity index (χ2n) is 2.30. The maximum Gasteiger partial charge on any atom is 0.269 e. The summed E-state index contributed by atoms with van der Waals surface area (Å²) < 4.78 is 0. The molecule has 1 aromatic rings. The summed E-state index contributed by atoms with van der Waals surface area (Å²) in [5, 5.41) is 10.3. The van der Waals surface area contributed by atoms with E-state index in [1.54, 1.807) is 0 Å². The van der Waals surface area contributed by atoms with Crippen molar-refractivity contribution in [2.45, 2.75) is 4.90 Å². The van der Waals surface area contributed by atoms with Crippen molar-refractivity contribution >= 4 is 43.3 Å². The smallest absolute Gasteiger partial charge is 0.258 e. The van der Waals surface area contributed by atoms with Gasteiger partial charge in [-0.15, -0.1) is 19.8 Å². The number of non-ortho nitro benzene ring substituents is 1. The molecule has 1 rings (SSSR count). The van der Waals surface area contributed by atoms with Crippen LogP contribution in [0.2, 0.25) is 0 Å². The molecular weight excluding hydrogens is 228 g/mol. The predicted octanol–water partition coefficient (Wildman–Crippen LogP) is 2.84. The molecule has 0 bridgehead atoms. The summed E-state index contributed by atoms with van der Waals surface area (Å²) in [5.74, 6) is 0. The summed E-state index contributed by atoms with van der Waals surface area (Å²) in [6.45, 7) is 0. The van der Waals surface area contributed by atoms with E-state index in [0.717, 1.165) is 0 Å². The van der Waals surface area contributed by atoms with Crippen molar-refractivity contribution in [3.05, 3.63) is 34.4 Å². The molecule has 0 aliphatic rings. The van der Waals surface area contributed by atoms with Crippen LogP contribution in [-0.4, -0.2) is 12.0 Å². The summed E-state index contributed by atoms with van der Waals surface area (Å²) in [6.07, 6.45) is 0. The Morgan fingerprint density at radius 2 is 1.92 bits per heavy atom. The van der Waals surface area contributed by atoms with Crippen molar-refractivity contribution in [3.63, 3.8) is 0 Å². The van der Waals surface area contributed by atoms with E-state index in [1.165, 1.54) is 24.3 Å². The number of nitro benzene ring substituents is 1. The first-order valence-electron chi connectivity index (χ1n) is 3.19. The zero-order valence-electron chi connectivity index (χ0n) is 6.38. The molecule has 0 aliphatic carbocycles. The Bertz CT molecular complexity index is 324. The predicted molar refractivity (Wildman–Crippen MR) is 59.5 cm³/mol. The molecule has 0 saturated carbocycles. The Hall–Kier alpha value is -0.325. The topological polar surface area (TPSA) is 43.1 Å². The zero-order valence-corrected chi connectivity index (χ0v) is 8.85. The second kappa shape index (κ2) is 3.81. The Labute approximate surface area is 87.6 Å². The van der Waals surface area contributed by atoms with Gasteiger partial charge in [0.25, 0.3) is 5.69 Å². The minimum atomic E-state index is -2.10. The average Bonchev–Trinajstić information content (AvgIpc) is 2.03. The molecular formula is C6H5BClNO2S2. The number of halogens is 1. The van der Waals surface area contributed by atoms with E-state index in [9.17, 15) is 10.1 Å². The highest BCUT2D eigenvalue weighted by Crippen LogP contribution is 2.60. The third-order valence-corrected chi connectivity index (χ3v) is 3.48. The van der Waals surface area contributed by atoms with E-state index < -0.39 is 13.0 Å². The van der Waals surface area contributed by atoms with Crippen LogP contribution in [0.15, 0.2) is 29.2 Å². The highest BCUT2D eigenvalue weighted by atomic mass is 35.8. The fourth-order valence-electron chi connectivity index (χ4n) is 0.759. The largest absolute Gasteiger partial charge is 0.269 e. The van der Waals surface area contributed by atoms with Crippen LogP contribution in [0.4, 0.5) is 5.69 Å². The van der Waals surface area contributed by atoms with Gasteiger partial charge in [0.1, 0.15) is 0 Å². The summed E-state index contributed by atoms with van der Waals surface area (Å²) in [6, 6.07) is 5.71. The van der Waals surface area contributed by atoms with Gasteiger partial charge in [-0.2, -0.15) is 0 Å². The van der Waals surface area contributed by atoms with Gasteiger partial charge in [0, 0.05) is 17.0 Å². The quantitative estimate of drug-likeness (QED) is 0.281. The number of hydrogen-bond acceptors (Lipinski definition) is 3. The molecule has 3 nitrogen and oxygen atoms in total. The molecule has 2 radical (unpaired) electrons. The van der Waals surface area contributed by atoms with Gasteiger partial charge in [-0.05, 0) is 12.1 Å². The van der Waals surface area contributed by atoms with Gasteiger partial charge in [-0.1, -0.05) is 10.7 Å². The first-order chi connectivity index (χ1) is 5.91. The SMILES string of the molecule is [B]S(S)(Cl)c1ccc([N+](=O)[O-])cc1. The van der Waals surface area contributed by atoms with Crippen molar-refractivity contribution < 1.29 is 4.92 Å². The molecule has 0 spiro atoms. The molecule has 7 heteroatoms. The van der Waals surface area contributed by atoms with Crippen molar-refractivity contribution in [1.82, 2.24) is 0 Å². The zero-order chi connectivity index (χ0) is 10.1.